The number of carbonyl (C=O) groups is 10. The van der Waals surface area contributed by atoms with Gasteiger partial charge in [-0.25, -0.2) is 24.0 Å². The van der Waals surface area contributed by atoms with Gasteiger partial charge in [0.2, 0.25) is 0 Å². The largest absolute Gasteiger partial charge is 0.458 e. The van der Waals surface area contributed by atoms with Crippen LogP contribution in [-0.4, -0.2) is 91.0 Å². The van der Waals surface area contributed by atoms with Gasteiger partial charge in [-0.2, -0.15) is 0 Å². The minimum absolute atomic E-state index is 0.170. The number of ether oxygens (including phenoxy) is 9. The van der Waals surface area contributed by atoms with E-state index in [1.807, 2.05) is 0 Å². The van der Waals surface area contributed by atoms with Gasteiger partial charge in [0.25, 0.3) is 0 Å². The molecule has 0 saturated carbocycles. The fraction of sp³-hybridized carbons (Fsp3) is 0.216. The van der Waals surface area contributed by atoms with Crippen molar-refractivity contribution in [3.05, 3.63) is 155 Å². The molecule has 19 heteroatoms. The normalized spacial score (nSPS) is 11.8. The van der Waals surface area contributed by atoms with E-state index in [1.54, 1.807) is 6.07 Å². The van der Waals surface area contributed by atoms with Crippen LogP contribution in [-0.2, 0) is 54.1 Å². The average molecular weight is 961 g/mol. The van der Waals surface area contributed by atoms with Crippen molar-refractivity contribution in [3.8, 4) is 23.0 Å². The van der Waals surface area contributed by atoms with Gasteiger partial charge in [0.1, 0.15) is 64.2 Å². The lowest BCUT2D eigenvalue weighted by Gasteiger charge is -2.32. The Bertz CT molecular complexity index is 2660. The molecule has 0 fully saturated rings. The highest BCUT2D eigenvalue weighted by molar-refractivity contribution is 5.97. The van der Waals surface area contributed by atoms with E-state index < -0.39 is 90.8 Å². The second-order valence-electron chi connectivity index (χ2n) is 14.8. The predicted octanol–water partition coefficient (Wildman–Crippen LogP) is 6.21. The maximum Gasteiger partial charge on any atom is 0.342 e. The number of Topliss-reactive ketones (excluding diaryl/α,β-unsaturated/α-hetero) is 1. The van der Waals surface area contributed by atoms with Gasteiger partial charge in [0.05, 0.1) is 5.56 Å². The summed E-state index contributed by atoms with van der Waals surface area (Å²) in [6.45, 7) is 3.47. The molecule has 0 aromatic heterocycles. The Morgan fingerprint density at radius 1 is 0.357 bits per heavy atom. The van der Waals surface area contributed by atoms with Crippen LogP contribution in [0, 0.1) is 0 Å². The predicted molar refractivity (Wildman–Crippen MR) is 240 cm³/mol. The molecule has 5 aromatic rings. The Kier molecular flexibility index (Phi) is 18.3. The van der Waals surface area contributed by atoms with E-state index in [0.717, 1.165) is 27.7 Å². The van der Waals surface area contributed by atoms with E-state index >= 15 is 0 Å². The number of hydrogen-bond donors (Lipinski definition) is 0. The zero-order chi connectivity index (χ0) is 50.9. The summed E-state index contributed by atoms with van der Waals surface area (Å²) in [6.07, 6.45) is -6.60. The molecule has 0 spiro atoms. The van der Waals surface area contributed by atoms with E-state index in [2.05, 4.69) is 0 Å². The molecule has 0 heterocycles. The number of rotatable bonds is 20. The summed E-state index contributed by atoms with van der Waals surface area (Å²) in [7, 11) is 0. The Labute approximate surface area is 399 Å². The van der Waals surface area contributed by atoms with E-state index in [9.17, 15) is 47.9 Å². The van der Waals surface area contributed by atoms with Crippen molar-refractivity contribution in [2.75, 3.05) is 13.2 Å². The van der Waals surface area contributed by atoms with Gasteiger partial charge in [-0.05, 0) is 67.1 Å². The molecular formula is C51H44O19. The van der Waals surface area contributed by atoms with Gasteiger partial charge in [-0.3, -0.25) is 24.0 Å². The van der Waals surface area contributed by atoms with E-state index in [1.165, 1.54) is 122 Å². The lowest BCUT2D eigenvalue weighted by atomic mass is 10.0. The third-order valence-electron chi connectivity index (χ3n) is 9.37. The molecule has 3 unspecified atom stereocenters. The quantitative estimate of drug-likeness (QED) is 0.0477. The smallest absolute Gasteiger partial charge is 0.342 e. The number of benzene rings is 5. The number of para-hydroxylation sites is 4. The van der Waals surface area contributed by atoms with Gasteiger partial charge in [-0.15, -0.1) is 0 Å². The maximum atomic E-state index is 14.4. The van der Waals surface area contributed by atoms with Crippen molar-refractivity contribution in [1.82, 2.24) is 0 Å². The summed E-state index contributed by atoms with van der Waals surface area (Å²) in [5.74, 6) is -10.8. The molecule has 0 bridgehead atoms. The molecule has 70 heavy (non-hydrogen) atoms. The topological polar surface area (TPSA) is 254 Å². The third kappa shape index (κ3) is 14.8. The Balaban J connectivity index is 1.71. The van der Waals surface area contributed by atoms with Crippen molar-refractivity contribution in [2.24, 2.45) is 0 Å². The first-order chi connectivity index (χ1) is 33.4. The summed E-state index contributed by atoms with van der Waals surface area (Å²) in [6, 6.07) is 27.2. The SMILES string of the molecule is CC(=O)Cc1ccccc1C(=O)OC(COC(=O)c1ccccc1OC(C)=O)C(OC(=O)c1ccccc1OC(C)=O)C(COC(=O)c1ccccc1OC(C)=O)OC(=O)c1ccccc1OC(C)=O. The van der Waals surface area contributed by atoms with Crippen molar-refractivity contribution in [1.29, 1.82) is 0 Å². The van der Waals surface area contributed by atoms with Gasteiger partial charge >= 0.3 is 53.7 Å². The standard InChI is InChI=1S/C51H44O19/c1-29(52)26-34-16-6-7-17-35(34)49(59)68-44(27-62-47(57)36-18-8-12-22-40(36)64-30(2)53)46(70-51(61)39-21-11-15-25-43(39)67-33(5)56)45(69-50(60)38-20-10-14-24-42(38)66-32(4)55)28-63-48(58)37-19-9-13-23-41(37)65-31(3)54/h6-25,44-46H,26-28H2,1-5H3. The molecule has 3 atom stereocenters. The summed E-state index contributed by atoms with van der Waals surface area (Å²) >= 11 is 0. The second-order valence-corrected chi connectivity index (χ2v) is 14.8. The molecule has 0 aliphatic rings. The van der Waals surface area contributed by atoms with Crippen LogP contribution in [0.1, 0.15) is 92.0 Å². The van der Waals surface area contributed by atoms with Gasteiger partial charge in [0.15, 0.2) is 18.3 Å². The minimum atomic E-state index is -2.19. The highest BCUT2D eigenvalue weighted by atomic mass is 16.6. The van der Waals surface area contributed by atoms with Crippen LogP contribution >= 0.6 is 0 Å². The average Bonchev–Trinajstić information content (AvgIpc) is 3.30. The summed E-state index contributed by atoms with van der Waals surface area (Å²) in [4.78, 5) is 131. The van der Waals surface area contributed by atoms with Crippen molar-refractivity contribution >= 4 is 59.5 Å². The molecule has 5 rings (SSSR count). The monoisotopic (exact) mass is 960 g/mol. The van der Waals surface area contributed by atoms with Crippen molar-refractivity contribution in [3.63, 3.8) is 0 Å². The Morgan fingerprint density at radius 2 is 0.643 bits per heavy atom. The number of hydrogen-bond acceptors (Lipinski definition) is 19. The molecule has 0 saturated heterocycles. The zero-order valence-corrected chi connectivity index (χ0v) is 38.2. The highest BCUT2D eigenvalue weighted by Crippen LogP contribution is 2.28. The first-order valence-electron chi connectivity index (χ1n) is 21.1. The Morgan fingerprint density at radius 3 is 0.986 bits per heavy atom. The van der Waals surface area contributed by atoms with Crippen LogP contribution in [0.4, 0.5) is 0 Å². The van der Waals surface area contributed by atoms with Gasteiger partial charge < -0.3 is 42.6 Å². The van der Waals surface area contributed by atoms with Crippen LogP contribution in [0.3, 0.4) is 0 Å². The van der Waals surface area contributed by atoms with Crippen LogP contribution in [0.2, 0.25) is 0 Å². The van der Waals surface area contributed by atoms with Crippen LogP contribution < -0.4 is 18.9 Å². The fourth-order valence-electron chi connectivity index (χ4n) is 6.50. The highest BCUT2D eigenvalue weighted by Gasteiger charge is 2.42. The fourth-order valence-corrected chi connectivity index (χ4v) is 6.50. The van der Waals surface area contributed by atoms with Crippen LogP contribution in [0.25, 0.3) is 0 Å². The molecular weight excluding hydrogens is 917 g/mol. The number of esters is 9. The molecule has 0 N–H and O–H groups in total. The molecule has 19 nitrogen and oxygen atoms in total. The van der Waals surface area contributed by atoms with E-state index in [-0.39, 0.29) is 63.0 Å². The third-order valence-corrected chi connectivity index (χ3v) is 9.37. The van der Waals surface area contributed by atoms with Crippen LogP contribution in [0.15, 0.2) is 121 Å². The first-order valence-corrected chi connectivity index (χ1v) is 21.1. The number of carbonyl (C=O) groups excluding carboxylic acids is 10. The maximum absolute atomic E-state index is 14.4. The van der Waals surface area contributed by atoms with E-state index in [0.29, 0.717) is 0 Å². The molecule has 0 radical (unpaired) electrons. The van der Waals surface area contributed by atoms with Crippen LogP contribution in [0.5, 0.6) is 23.0 Å². The summed E-state index contributed by atoms with van der Waals surface area (Å²) < 4.78 is 50.1. The van der Waals surface area contributed by atoms with Crippen molar-refractivity contribution < 1.29 is 90.6 Å². The van der Waals surface area contributed by atoms with Gasteiger partial charge in [-0.1, -0.05) is 66.7 Å². The lowest BCUT2D eigenvalue weighted by Crippen LogP contribution is -2.50. The summed E-state index contributed by atoms with van der Waals surface area (Å²) in [5.41, 5.74) is -1.33. The van der Waals surface area contributed by atoms with Gasteiger partial charge in [0, 0.05) is 34.1 Å². The zero-order valence-electron chi connectivity index (χ0n) is 38.2. The minimum Gasteiger partial charge on any atom is -0.458 e. The van der Waals surface area contributed by atoms with E-state index in [4.69, 9.17) is 42.6 Å². The molecule has 0 aliphatic carbocycles. The molecule has 0 amide bonds. The molecule has 5 aromatic carbocycles. The summed E-state index contributed by atoms with van der Waals surface area (Å²) in [5, 5.41) is 0. The van der Waals surface area contributed by atoms with Crippen molar-refractivity contribution in [2.45, 2.75) is 59.4 Å². The molecule has 0 aliphatic heterocycles. The first kappa shape index (κ1) is 52.0. The second kappa shape index (κ2) is 24.7. The Hall–Kier alpha value is -9.00. The molecule has 362 valence electrons. The number of ketones is 1. The lowest BCUT2D eigenvalue weighted by molar-refractivity contribution is -0.133.